The van der Waals surface area contributed by atoms with Crippen molar-refractivity contribution in [3.63, 3.8) is 0 Å². The molecule has 1 amide bonds. The van der Waals surface area contributed by atoms with Crippen LogP contribution in [0.15, 0.2) is 28.8 Å². The van der Waals surface area contributed by atoms with Gasteiger partial charge in [0.25, 0.3) is 5.91 Å². The Morgan fingerprint density at radius 1 is 1.37 bits per heavy atom. The van der Waals surface area contributed by atoms with E-state index in [1.165, 1.54) is 6.07 Å². The zero-order valence-corrected chi connectivity index (χ0v) is 11.0. The monoisotopic (exact) mass is 301 g/mol. The average Bonchev–Trinajstić information content (AvgIpc) is 2.88. The fourth-order valence-corrected chi connectivity index (χ4v) is 1.57. The van der Waals surface area contributed by atoms with Crippen LogP contribution in [0.4, 0.5) is 0 Å². The molecule has 0 radical (unpaired) electrons. The molecule has 0 bridgehead atoms. The lowest BCUT2D eigenvalue weighted by atomic mass is 10.3. The molecule has 0 aliphatic rings. The molecular weight excluding hydrogens is 293 g/mol. The van der Waals surface area contributed by atoms with Gasteiger partial charge in [0.2, 0.25) is 0 Å². The van der Waals surface area contributed by atoms with Crippen LogP contribution in [0.25, 0.3) is 0 Å². The number of carbonyl (C=O) groups is 1. The summed E-state index contributed by atoms with van der Waals surface area (Å²) in [7, 11) is 0. The highest BCUT2D eigenvalue weighted by atomic mass is 35.5. The van der Waals surface area contributed by atoms with Crippen molar-refractivity contribution in [2.45, 2.75) is 6.61 Å². The first-order valence-corrected chi connectivity index (χ1v) is 5.90. The largest absolute Gasteiger partial charge is 0.485 e. The van der Waals surface area contributed by atoms with Gasteiger partial charge in [0.15, 0.2) is 11.5 Å². The van der Waals surface area contributed by atoms with Gasteiger partial charge in [0.05, 0.1) is 10.0 Å². The molecule has 0 aliphatic heterocycles. The van der Waals surface area contributed by atoms with Crippen LogP contribution in [-0.2, 0) is 6.61 Å². The van der Waals surface area contributed by atoms with Gasteiger partial charge < -0.3 is 9.26 Å². The third-order valence-electron chi connectivity index (χ3n) is 2.19. The maximum absolute atomic E-state index is 11.2. The van der Waals surface area contributed by atoms with Gasteiger partial charge in [0, 0.05) is 12.1 Å². The van der Waals surface area contributed by atoms with E-state index in [1.807, 2.05) is 5.43 Å². The lowest BCUT2D eigenvalue weighted by Crippen LogP contribution is -2.30. The Kier molecular flexibility index (Phi) is 4.26. The fraction of sp³-hybridized carbons (Fsp3) is 0.0909. The molecule has 19 heavy (non-hydrogen) atoms. The third kappa shape index (κ3) is 3.37. The highest BCUT2D eigenvalue weighted by Gasteiger charge is 2.11. The molecule has 0 spiro atoms. The van der Waals surface area contributed by atoms with Crippen LogP contribution >= 0.6 is 23.2 Å². The minimum atomic E-state index is -0.537. The van der Waals surface area contributed by atoms with Gasteiger partial charge in [-0.1, -0.05) is 28.4 Å². The first-order valence-electron chi connectivity index (χ1n) is 5.14. The molecule has 2 rings (SSSR count). The maximum Gasteiger partial charge on any atom is 0.287 e. The van der Waals surface area contributed by atoms with Gasteiger partial charge in [0.1, 0.15) is 12.4 Å². The zero-order valence-electron chi connectivity index (χ0n) is 9.52. The summed E-state index contributed by atoms with van der Waals surface area (Å²) in [5.74, 6) is 5.34. The lowest BCUT2D eigenvalue weighted by molar-refractivity contribution is 0.0944. The average molecular weight is 302 g/mol. The molecule has 2 aromatic rings. The minimum Gasteiger partial charge on any atom is -0.485 e. The van der Waals surface area contributed by atoms with Crippen molar-refractivity contribution in [1.82, 2.24) is 10.6 Å². The van der Waals surface area contributed by atoms with Crippen LogP contribution < -0.4 is 16.0 Å². The van der Waals surface area contributed by atoms with E-state index in [0.29, 0.717) is 21.6 Å². The Hall–Kier alpha value is -1.76. The molecule has 0 aliphatic carbocycles. The van der Waals surface area contributed by atoms with Gasteiger partial charge >= 0.3 is 0 Å². The van der Waals surface area contributed by atoms with Crippen molar-refractivity contribution in [1.29, 1.82) is 0 Å². The summed E-state index contributed by atoms with van der Waals surface area (Å²) in [6, 6.07) is 6.29. The van der Waals surface area contributed by atoms with Crippen molar-refractivity contribution in [3.05, 3.63) is 45.8 Å². The number of nitrogen functional groups attached to an aromatic ring is 1. The van der Waals surface area contributed by atoms with Crippen LogP contribution in [0.1, 0.15) is 16.2 Å². The number of rotatable bonds is 4. The molecule has 0 saturated heterocycles. The zero-order chi connectivity index (χ0) is 13.8. The second-order valence-corrected chi connectivity index (χ2v) is 4.33. The van der Waals surface area contributed by atoms with E-state index >= 15 is 0 Å². The van der Waals surface area contributed by atoms with Crippen molar-refractivity contribution < 1.29 is 14.1 Å². The molecule has 0 saturated carbocycles. The topological polar surface area (TPSA) is 90.4 Å². The number of benzene rings is 1. The molecule has 100 valence electrons. The number of nitrogens with zero attached hydrogens (tertiary/aromatic N) is 1. The Balaban J connectivity index is 2.00. The van der Waals surface area contributed by atoms with Crippen molar-refractivity contribution in [2.24, 2.45) is 5.84 Å². The number of aromatic nitrogens is 1. The SMILES string of the molecule is NNC(=O)c1cc(COc2ccc(Cl)c(Cl)c2)on1. The first kappa shape index (κ1) is 13.7. The van der Waals surface area contributed by atoms with Crippen LogP contribution in [0.5, 0.6) is 5.75 Å². The van der Waals surface area contributed by atoms with Crippen LogP contribution in [-0.4, -0.2) is 11.1 Å². The molecule has 1 aromatic carbocycles. The Morgan fingerprint density at radius 3 is 2.84 bits per heavy atom. The van der Waals surface area contributed by atoms with Gasteiger partial charge in [-0.05, 0) is 12.1 Å². The predicted molar refractivity (Wildman–Crippen MR) is 69.0 cm³/mol. The number of hydrogen-bond donors (Lipinski definition) is 2. The van der Waals surface area contributed by atoms with Crippen LogP contribution in [0, 0.1) is 0 Å². The normalized spacial score (nSPS) is 10.3. The van der Waals surface area contributed by atoms with Crippen molar-refractivity contribution >= 4 is 29.1 Å². The standard InChI is InChI=1S/C11H9Cl2N3O3/c12-8-2-1-6(3-9(8)13)18-5-7-4-10(16-19-7)11(17)15-14/h1-4H,5,14H2,(H,15,17). The van der Waals surface area contributed by atoms with Crippen LogP contribution in [0.3, 0.4) is 0 Å². The molecule has 1 heterocycles. The van der Waals surface area contributed by atoms with Gasteiger partial charge in [-0.3, -0.25) is 10.2 Å². The van der Waals surface area contributed by atoms with E-state index in [-0.39, 0.29) is 12.3 Å². The maximum atomic E-state index is 11.2. The number of ether oxygens (including phenoxy) is 1. The summed E-state index contributed by atoms with van der Waals surface area (Å²) in [6.07, 6.45) is 0. The summed E-state index contributed by atoms with van der Waals surface area (Å²) in [5, 5.41) is 4.37. The molecule has 8 heteroatoms. The number of nitrogens with one attached hydrogen (secondary N) is 1. The number of carbonyl (C=O) groups excluding carboxylic acids is 1. The number of hydrazine groups is 1. The quantitative estimate of drug-likeness (QED) is 0.513. The fourth-order valence-electron chi connectivity index (χ4n) is 1.28. The third-order valence-corrected chi connectivity index (χ3v) is 2.93. The Labute approximate surface area is 118 Å². The van der Waals surface area contributed by atoms with E-state index in [0.717, 1.165) is 0 Å². The Bertz CT molecular complexity index is 601. The summed E-state index contributed by atoms with van der Waals surface area (Å²) in [5.41, 5.74) is 2.03. The molecule has 6 nitrogen and oxygen atoms in total. The van der Waals surface area contributed by atoms with Crippen molar-refractivity contribution in [2.75, 3.05) is 0 Å². The van der Waals surface area contributed by atoms with Crippen molar-refractivity contribution in [3.8, 4) is 5.75 Å². The highest BCUT2D eigenvalue weighted by Crippen LogP contribution is 2.26. The van der Waals surface area contributed by atoms with E-state index in [4.69, 9.17) is 38.3 Å². The molecule has 0 unspecified atom stereocenters. The number of hydrogen-bond acceptors (Lipinski definition) is 5. The second-order valence-electron chi connectivity index (χ2n) is 3.52. The summed E-state index contributed by atoms with van der Waals surface area (Å²) < 4.78 is 10.3. The summed E-state index contributed by atoms with van der Waals surface area (Å²) >= 11 is 11.6. The van der Waals surface area contributed by atoms with Gasteiger partial charge in [-0.25, -0.2) is 5.84 Å². The number of halogens is 2. The molecule has 3 N–H and O–H groups in total. The first-order chi connectivity index (χ1) is 9.10. The highest BCUT2D eigenvalue weighted by molar-refractivity contribution is 6.42. The van der Waals surface area contributed by atoms with Gasteiger partial charge in [-0.2, -0.15) is 0 Å². The molecule has 0 atom stereocenters. The number of nitrogens with two attached hydrogens (primary N) is 1. The minimum absolute atomic E-state index is 0.0789. The lowest BCUT2D eigenvalue weighted by Gasteiger charge is -2.04. The number of amides is 1. The Morgan fingerprint density at radius 2 is 2.16 bits per heavy atom. The summed E-state index contributed by atoms with van der Waals surface area (Å²) in [4.78, 5) is 11.2. The van der Waals surface area contributed by atoms with E-state index in [2.05, 4.69) is 5.16 Å². The van der Waals surface area contributed by atoms with E-state index in [9.17, 15) is 4.79 Å². The summed E-state index contributed by atoms with van der Waals surface area (Å²) in [6.45, 7) is 0.100. The van der Waals surface area contributed by atoms with E-state index in [1.54, 1.807) is 18.2 Å². The second kappa shape index (κ2) is 5.92. The van der Waals surface area contributed by atoms with Crippen LogP contribution in [0.2, 0.25) is 10.0 Å². The smallest absolute Gasteiger partial charge is 0.287 e. The molecular formula is C11H9Cl2N3O3. The molecule has 0 fully saturated rings. The van der Waals surface area contributed by atoms with Gasteiger partial charge in [-0.15, -0.1) is 0 Å². The predicted octanol–water partition coefficient (Wildman–Crippen LogP) is 2.16. The molecule has 1 aromatic heterocycles. The van der Waals surface area contributed by atoms with E-state index < -0.39 is 5.91 Å².